The van der Waals surface area contributed by atoms with Crippen LogP contribution in [0.25, 0.3) is 10.9 Å². The Kier molecular flexibility index (Phi) is 2.52. The molecular formula is C11H14N2O. The van der Waals surface area contributed by atoms with Crippen molar-refractivity contribution in [3.05, 3.63) is 36.0 Å². The van der Waals surface area contributed by atoms with E-state index in [0.29, 0.717) is 13.0 Å². The van der Waals surface area contributed by atoms with Crippen LogP contribution in [-0.2, 0) is 0 Å². The summed E-state index contributed by atoms with van der Waals surface area (Å²) in [5, 5.41) is 10.9. The number of aromatic amines is 1. The SMILES string of the molecule is NCCC(O)c1ccc2cc[nH]c2c1. The van der Waals surface area contributed by atoms with Crippen molar-refractivity contribution in [2.45, 2.75) is 12.5 Å². The van der Waals surface area contributed by atoms with Crippen molar-refractivity contribution < 1.29 is 5.11 Å². The highest BCUT2D eigenvalue weighted by Crippen LogP contribution is 2.20. The molecule has 2 aromatic rings. The molecule has 0 amide bonds. The Bertz CT molecular complexity index is 422. The van der Waals surface area contributed by atoms with E-state index in [9.17, 15) is 5.11 Å². The third-order valence-corrected chi connectivity index (χ3v) is 2.40. The van der Waals surface area contributed by atoms with E-state index >= 15 is 0 Å². The molecule has 74 valence electrons. The lowest BCUT2D eigenvalue weighted by atomic mass is 10.1. The molecule has 0 spiro atoms. The number of nitrogens with one attached hydrogen (secondary N) is 1. The Morgan fingerprint density at radius 2 is 2.21 bits per heavy atom. The smallest absolute Gasteiger partial charge is 0.0802 e. The molecule has 0 saturated heterocycles. The Morgan fingerprint density at radius 1 is 1.36 bits per heavy atom. The third kappa shape index (κ3) is 1.64. The predicted octanol–water partition coefficient (Wildman–Crippen LogP) is 1.55. The van der Waals surface area contributed by atoms with Crippen molar-refractivity contribution in [2.24, 2.45) is 5.73 Å². The molecule has 0 aliphatic carbocycles. The second-order valence-corrected chi connectivity index (χ2v) is 3.42. The molecule has 3 heteroatoms. The number of rotatable bonds is 3. The van der Waals surface area contributed by atoms with Crippen LogP contribution in [0.3, 0.4) is 0 Å². The van der Waals surface area contributed by atoms with E-state index in [2.05, 4.69) is 4.98 Å². The summed E-state index contributed by atoms with van der Waals surface area (Å²) in [6, 6.07) is 7.92. The van der Waals surface area contributed by atoms with E-state index in [-0.39, 0.29) is 0 Å². The highest BCUT2D eigenvalue weighted by atomic mass is 16.3. The molecular weight excluding hydrogens is 176 g/mol. The quantitative estimate of drug-likeness (QED) is 0.687. The van der Waals surface area contributed by atoms with Crippen molar-refractivity contribution >= 4 is 10.9 Å². The van der Waals surface area contributed by atoms with Gasteiger partial charge in [0.25, 0.3) is 0 Å². The highest BCUT2D eigenvalue weighted by molar-refractivity contribution is 5.79. The first-order valence-electron chi connectivity index (χ1n) is 4.76. The lowest BCUT2D eigenvalue weighted by molar-refractivity contribution is 0.170. The molecule has 1 heterocycles. The number of hydrogen-bond donors (Lipinski definition) is 3. The van der Waals surface area contributed by atoms with Gasteiger partial charge in [-0.1, -0.05) is 12.1 Å². The largest absolute Gasteiger partial charge is 0.388 e. The van der Waals surface area contributed by atoms with Crippen LogP contribution in [0.2, 0.25) is 0 Å². The Balaban J connectivity index is 2.33. The lowest BCUT2D eigenvalue weighted by Crippen LogP contribution is -2.06. The van der Waals surface area contributed by atoms with Crippen molar-refractivity contribution in [3.63, 3.8) is 0 Å². The van der Waals surface area contributed by atoms with Crippen molar-refractivity contribution in [1.82, 2.24) is 4.98 Å². The summed E-state index contributed by atoms with van der Waals surface area (Å²) < 4.78 is 0. The summed E-state index contributed by atoms with van der Waals surface area (Å²) >= 11 is 0. The first-order chi connectivity index (χ1) is 6.81. The van der Waals surface area contributed by atoms with Crippen molar-refractivity contribution in [2.75, 3.05) is 6.54 Å². The van der Waals surface area contributed by atoms with E-state index in [0.717, 1.165) is 16.5 Å². The van der Waals surface area contributed by atoms with Crippen LogP contribution in [0.15, 0.2) is 30.5 Å². The van der Waals surface area contributed by atoms with Crippen LogP contribution in [0.1, 0.15) is 18.1 Å². The standard InChI is InChI=1S/C11H14N2O/c12-5-3-11(14)9-2-1-8-4-6-13-10(8)7-9/h1-2,4,6-7,11,13-14H,3,5,12H2. The number of fused-ring (bicyclic) bond motifs is 1. The molecule has 0 saturated carbocycles. The molecule has 0 bridgehead atoms. The molecule has 0 radical (unpaired) electrons. The predicted molar refractivity (Wildman–Crippen MR) is 56.9 cm³/mol. The van der Waals surface area contributed by atoms with Gasteiger partial charge in [-0.3, -0.25) is 0 Å². The number of aliphatic hydroxyl groups excluding tert-OH is 1. The Labute approximate surface area is 82.6 Å². The van der Waals surface area contributed by atoms with Gasteiger partial charge in [0.15, 0.2) is 0 Å². The summed E-state index contributed by atoms with van der Waals surface area (Å²) in [4.78, 5) is 3.11. The third-order valence-electron chi connectivity index (χ3n) is 2.40. The van der Waals surface area contributed by atoms with Crippen molar-refractivity contribution in [1.29, 1.82) is 0 Å². The van der Waals surface area contributed by atoms with Crippen molar-refractivity contribution in [3.8, 4) is 0 Å². The van der Waals surface area contributed by atoms with Gasteiger partial charge < -0.3 is 15.8 Å². The Morgan fingerprint density at radius 3 is 3.00 bits per heavy atom. The molecule has 0 aliphatic heterocycles. The van der Waals surface area contributed by atoms with Crippen LogP contribution >= 0.6 is 0 Å². The summed E-state index contributed by atoms with van der Waals surface area (Å²) in [6.07, 6.45) is 2.04. The minimum absolute atomic E-state index is 0.451. The van der Waals surface area contributed by atoms with E-state index in [1.165, 1.54) is 0 Å². The zero-order valence-corrected chi connectivity index (χ0v) is 7.90. The topological polar surface area (TPSA) is 62.0 Å². The van der Waals surface area contributed by atoms with E-state index in [4.69, 9.17) is 5.73 Å². The minimum atomic E-state index is -0.451. The first-order valence-corrected chi connectivity index (χ1v) is 4.76. The summed E-state index contributed by atoms with van der Waals surface area (Å²) in [5.74, 6) is 0. The van der Waals surface area contributed by atoms with Gasteiger partial charge in [0.2, 0.25) is 0 Å². The number of hydrogen-bond acceptors (Lipinski definition) is 2. The van der Waals surface area contributed by atoms with E-state index < -0.39 is 6.10 Å². The molecule has 4 N–H and O–H groups in total. The Hall–Kier alpha value is -1.32. The zero-order valence-electron chi connectivity index (χ0n) is 7.90. The van der Waals surface area contributed by atoms with Gasteiger partial charge in [-0.05, 0) is 36.0 Å². The number of aromatic nitrogens is 1. The van der Waals surface area contributed by atoms with Gasteiger partial charge in [-0.2, -0.15) is 0 Å². The molecule has 0 fully saturated rings. The van der Waals surface area contributed by atoms with Gasteiger partial charge in [-0.15, -0.1) is 0 Å². The fraction of sp³-hybridized carbons (Fsp3) is 0.273. The molecule has 3 nitrogen and oxygen atoms in total. The van der Waals surface area contributed by atoms with Crippen LogP contribution in [-0.4, -0.2) is 16.6 Å². The van der Waals surface area contributed by atoms with E-state index in [1.807, 2.05) is 30.5 Å². The van der Waals surface area contributed by atoms with Gasteiger partial charge in [-0.25, -0.2) is 0 Å². The van der Waals surface area contributed by atoms with Crippen LogP contribution in [0.4, 0.5) is 0 Å². The normalized spacial score (nSPS) is 13.3. The number of nitrogens with two attached hydrogens (primary N) is 1. The second kappa shape index (κ2) is 3.82. The summed E-state index contributed by atoms with van der Waals surface area (Å²) in [5.41, 5.74) is 7.37. The zero-order chi connectivity index (χ0) is 9.97. The average molecular weight is 190 g/mol. The summed E-state index contributed by atoms with van der Waals surface area (Å²) in [6.45, 7) is 0.504. The van der Waals surface area contributed by atoms with Crippen LogP contribution in [0.5, 0.6) is 0 Å². The number of H-pyrrole nitrogens is 1. The van der Waals surface area contributed by atoms with Gasteiger partial charge in [0, 0.05) is 11.7 Å². The number of aliphatic hydroxyl groups is 1. The number of benzene rings is 1. The molecule has 1 unspecified atom stereocenters. The highest BCUT2D eigenvalue weighted by Gasteiger charge is 2.06. The fourth-order valence-corrected chi connectivity index (χ4v) is 1.60. The second-order valence-electron chi connectivity index (χ2n) is 3.42. The van der Waals surface area contributed by atoms with Crippen LogP contribution in [0, 0.1) is 0 Å². The van der Waals surface area contributed by atoms with Gasteiger partial charge in [0.1, 0.15) is 0 Å². The van der Waals surface area contributed by atoms with Gasteiger partial charge >= 0.3 is 0 Å². The fourth-order valence-electron chi connectivity index (χ4n) is 1.60. The summed E-state index contributed by atoms with van der Waals surface area (Å²) in [7, 11) is 0. The molecule has 14 heavy (non-hydrogen) atoms. The van der Waals surface area contributed by atoms with Crippen LogP contribution < -0.4 is 5.73 Å². The maximum Gasteiger partial charge on any atom is 0.0802 e. The van der Waals surface area contributed by atoms with Gasteiger partial charge in [0.05, 0.1) is 6.10 Å². The molecule has 0 aliphatic rings. The monoisotopic (exact) mass is 190 g/mol. The maximum absolute atomic E-state index is 9.72. The van der Waals surface area contributed by atoms with E-state index in [1.54, 1.807) is 0 Å². The maximum atomic E-state index is 9.72. The molecule has 1 aromatic heterocycles. The molecule has 1 aromatic carbocycles. The minimum Gasteiger partial charge on any atom is -0.388 e. The average Bonchev–Trinajstić information content (AvgIpc) is 2.64. The molecule has 1 atom stereocenters. The first kappa shape index (κ1) is 9.24. The lowest BCUT2D eigenvalue weighted by Gasteiger charge is -2.09. The molecule has 2 rings (SSSR count).